The Bertz CT molecular complexity index is 1220. The summed E-state index contributed by atoms with van der Waals surface area (Å²) in [5.41, 5.74) is 4.53. The molecule has 0 spiro atoms. The van der Waals surface area contributed by atoms with Crippen LogP contribution in [0.3, 0.4) is 0 Å². The standard InChI is InChI=1S/C33H35F3/c1-3-5-6-7-8-9-27-18-21-30(33(36)32(27)35)26-16-14-25(15-17-26)29-20-19-28(22-31(29)34)24-12-10-23(4-2)11-13-24/h4,12,14-23H,2-3,5-11,13H2,1H3. The molecule has 0 bridgehead atoms. The van der Waals surface area contributed by atoms with Crippen LogP contribution < -0.4 is 0 Å². The normalized spacial score (nSPS) is 15.6. The van der Waals surface area contributed by atoms with Gasteiger partial charge in [-0.15, -0.1) is 6.58 Å². The fourth-order valence-electron chi connectivity index (χ4n) is 5.03. The number of halogens is 3. The Kier molecular flexibility index (Phi) is 8.85. The second kappa shape index (κ2) is 12.3. The van der Waals surface area contributed by atoms with E-state index in [9.17, 15) is 8.78 Å². The molecule has 1 atom stereocenters. The lowest BCUT2D eigenvalue weighted by atomic mass is 9.86. The van der Waals surface area contributed by atoms with Crippen LogP contribution in [0.4, 0.5) is 13.2 Å². The number of hydrogen-bond acceptors (Lipinski definition) is 0. The number of allylic oxidation sites excluding steroid dienone is 3. The summed E-state index contributed by atoms with van der Waals surface area (Å²) in [7, 11) is 0. The molecule has 188 valence electrons. The van der Waals surface area contributed by atoms with Crippen LogP contribution in [0, 0.1) is 23.4 Å². The molecule has 0 N–H and O–H groups in total. The highest BCUT2D eigenvalue weighted by atomic mass is 19.2. The zero-order chi connectivity index (χ0) is 25.5. The molecule has 0 aromatic heterocycles. The maximum atomic E-state index is 15.0. The van der Waals surface area contributed by atoms with Gasteiger partial charge in [-0.1, -0.05) is 93.3 Å². The molecule has 0 heterocycles. The molecule has 1 aliphatic carbocycles. The topological polar surface area (TPSA) is 0 Å². The summed E-state index contributed by atoms with van der Waals surface area (Å²) >= 11 is 0. The van der Waals surface area contributed by atoms with E-state index < -0.39 is 11.6 Å². The van der Waals surface area contributed by atoms with Crippen molar-refractivity contribution in [1.82, 2.24) is 0 Å². The minimum atomic E-state index is -0.816. The van der Waals surface area contributed by atoms with Crippen molar-refractivity contribution in [2.24, 2.45) is 5.92 Å². The van der Waals surface area contributed by atoms with Gasteiger partial charge in [-0.25, -0.2) is 13.2 Å². The molecule has 36 heavy (non-hydrogen) atoms. The average Bonchev–Trinajstić information content (AvgIpc) is 2.91. The summed E-state index contributed by atoms with van der Waals surface area (Å²) in [6, 6.07) is 15.7. The van der Waals surface area contributed by atoms with Gasteiger partial charge in [0, 0.05) is 11.1 Å². The van der Waals surface area contributed by atoms with E-state index in [2.05, 4.69) is 19.6 Å². The smallest absolute Gasteiger partial charge is 0.166 e. The number of rotatable bonds is 10. The quantitative estimate of drug-likeness (QED) is 0.197. The summed E-state index contributed by atoms with van der Waals surface area (Å²) in [5, 5.41) is 0. The van der Waals surface area contributed by atoms with Gasteiger partial charge in [0.15, 0.2) is 11.6 Å². The first kappa shape index (κ1) is 26.0. The molecule has 3 aromatic rings. The number of aryl methyl sites for hydroxylation is 1. The van der Waals surface area contributed by atoms with Gasteiger partial charge in [0.05, 0.1) is 0 Å². The zero-order valence-electron chi connectivity index (χ0n) is 21.1. The fourth-order valence-corrected chi connectivity index (χ4v) is 5.03. The number of benzene rings is 3. The Morgan fingerprint density at radius 2 is 1.47 bits per heavy atom. The van der Waals surface area contributed by atoms with Gasteiger partial charge >= 0.3 is 0 Å². The second-order valence-corrected chi connectivity index (χ2v) is 9.84. The Balaban J connectivity index is 1.48. The SMILES string of the molecule is C=CC1CC=C(c2ccc(-c3ccc(-c4ccc(CCCCCCC)c(F)c4F)cc3)c(F)c2)CC1. The molecule has 3 heteroatoms. The summed E-state index contributed by atoms with van der Waals surface area (Å²) in [6.07, 6.45) is 13.0. The van der Waals surface area contributed by atoms with Crippen molar-refractivity contribution in [1.29, 1.82) is 0 Å². The first-order valence-electron chi connectivity index (χ1n) is 13.2. The highest BCUT2D eigenvalue weighted by molar-refractivity contribution is 5.74. The molecule has 0 aliphatic heterocycles. The van der Waals surface area contributed by atoms with Crippen molar-refractivity contribution in [3.63, 3.8) is 0 Å². The molecule has 1 unspecified atom stereocenters. The first-order valence-corrected chi connectivity index (χ1v) is 13.2. The lowest BCUT2D eigenvalue weighted by Crippen LogP contribution is -2.02. The van der Waals surface area contributed by atoms with Crippen LogP contribution in [-0.4, -0.2) is 0 Å². The van der Waals surface area contributed by atoms with Crippen LogP contribution in [0.1, 0.15) is 69.4 Å². The summed E-state index contributed by atoms with van der Waals surface area (Å²) in [5.74, 6) is -1.36. The molecule has 0 fully saturated rings. The monoisotopic (exact) mass is 488 g/mol. The number of hydrogen-bond donors (Lipinski definition) is 0. The predicted molar refractivity (Wildman–Crippen MR) is 145 cm³/mol. The minimum absolute atomic E-state index is 0.228. The molecule has 3 aromatic carbocycles. The van der Waals surface area contributed by atoms with Crippen molar-refractivity contribution >= 4 is 5.57 Å². The molecule has 0 saturated carbocycles. The van der Waals surface area contributed by atoms with Crippen LogP contribution in [0.2, 0.25) is 0 Å². The summed E-state index contributed by atoms with van der Waals surface area (Å²) < 4.78 is 44.6. The average molecular weight is 489 g/mol. The maximum Gasteiger partial charge on any atom is 0.166 e. The highest BCUT2D eigenvalue weighted by Gasteiger charge is 2.17. The van der Waals surface area contributed by atoms with Crippen LogP contribution in [0.15, 0.2) is 73.3 Å². The largest absolute Gasteiger partial charge is 0.206 e. The summed E-state index contributed by atoms with van der Waals surface area (Å²) in [4.78, 5) is 0. The van der Waals surface area contributed by atoms with E-state index in [1.807, 2.05) is 12.1 Å². The van der Waals surface area contributed by atoms with Crippen LogP contribution in [-0.2, 0) is 6.42 Å². The maximum absolute atomic E-state index is 15.0. The number of unbranched alkanes of at least 4 members (excludes halogenated alkanes) is 4. The van der Waals surface area contributed by atoms with Gasteiger partial charge in [-0.3, -0.25) is 0 Å². The third kappa shape index (κ3) is 6.00. The van der Waals surface area contributed by atoms with E-state index in [-0.39, 0.29) is 11.4 Å². The van der Waals surface area contributed by atoms with Crippen molar-refractivity contribution in [3.8, 4) is 22.3 Å². The first-order chi connectivity index (χ1) is 17.5. The van der Waals surface area contributed by atoms with E-state index in [4.69, 9.17) is 0 Å². The van der Waals surface area contributed by atoms with Crippen LogP contribution in [0.25, 0.3) is 27.8 Å². The highest BCUT2D eigenvalue weighted by Crippen LogP contribution is 2.34. The van der Waals surface area contributed by atoms with E-state index in [0.29, 0.717) is 34.6 Å². The second-order valence-electron chi connectivity index (χ2n) is 9.84. The van der Waals surface area contributed by atoms with Gasteiger partial charge in [-0.05, 0) is 71.9 Å². The molecule has 0 saturated heterocycles. The van der Waals surface area contributed by atoms with E-state index in [1.165, 1.54) is 12.0 Å². The molecule has 4 rings (SSSR count). The Morgan fingerprint density at radius 3 is 2.11 bits per heavy atom. The third-order valence-corrected chi connectivity index (χ3v) is 7.34. The van der Waals surface area contributed by atoms with E-state index >= 15 is 4.39 Å². The minimum Gasteiger partial charge on any atom is -0.206 e. The summed E-state index contributed by atoms with van der Waals surface area (Å²) in [6.45, 7) is 6.02. The van der Waals surface area contributed by atoms with Crippen molar-refractivity contribution in [3.05, 3.63) is 102 Å². The molecule has 1 aliphatic rings. The zero-order valence-corrected chi connectivity index (χ0v) is 21.1. The van der Waals surface area contributed by atoms with Crippen molar-refractivity contribution in [2.45, 2.75) is 64.7 Å². The van der Waals surface area contributed by atoms with Gasteiger partial charge in [0.25, 0.3) is 0 Å². The molecule has 0 nitrogen and oxygen atoms in total. The molecule has 0 amide bonds. The third-order valence-electron chi connectivity index (χ3n) is 7.34. The van der Waals surface area contributed by atoms with Crippen molar-refractivity contribution < 1.29 is 13.2 Å². The molecular weight excluding hydrogens is 453 g/mol. The van der Waals surface area contributed by atoms with E-state index in [0.717, 1.165) is 50.5 Å². The lowest BCUT2D eigenvalue weighted by molar-refractivity contribution is 0.497. The fraction of sp³-hybridized carbons (Fsp3) is 0.333. The van der Waals surface area contributed by atoms with Gasteiger partial charge in [-0.2, -0.15) is 0 Å². The van der Waals surface area contributed by atoms with Gasteiger partial charge in [0.1, 0.15) is 5.82 Å². The lowest BCUT2D eigenvalue weighted by Gasteiger charge is -2.19. The van der Waals surface area contributed by atoms with Crippen LogP contribution in [0.5, 0.6) is 0 Å². The Morgan fingerprint density at radius 1 is 0.806 bits per heavy atom. The molecular formula is C33H35F3. The van der Waals surface area contributed by atoms with Gasteiger partial charge in [0.2, 0.25) is 0 Å². The van der Waals surface area contributed by atoms with Crippen LogP contribution >= 0.6 is 0 Å². The van der Waals surface area contributed by atoms with E-state index in [1.54, 1.807) is 48.5 Å². The molecule has 0 radical (unpaired) electrons. The Labute approximate surface area is 213 Å². The Hall–Kier alpha value is -3.07. The predicted octanol–water partition coefficient (Wildman–Crippen LogP) is 10.3. The van der Waals surface area contributed by atoms with Crippen molar-refractivity contribution in [2.75, 3.05) is 0 Å². The van der Waals surface area contributed by atoms with Gasteiger partial charge < -0.3 is 0 Å².